The molecule has 1 aromatic rings. The summed E-state index contributed by atoms with van der Waals surface area (Å²) in [6, 6.07) is 5.35. The zero-order valence-corrected chi connectivity index (χ0v) is 9.43. The van der Waals surface area contributed by atoms with Gasteiger partial charge in [0.25, 0.3) is 0 Å². The number of ether oxygens (including phenoxy) is 1. The van der Waals surface area contributed by atoms with E-state index in [0.29, 0.717) is 5.56 Å². The summed E-state index contributed by atoms with van der Waals surface area (Å²) in [4.78, 5) is 11.9. The van der Waals surface area contributed by atoms with Gasteiger partial charge in [0.05, 0.1) is 12.7 Å². The summed E-state index contributed by atoms with van der Waals surface area (Å²) >= 11 is 6.20. The zero-order chi connectivity index (χ0) is 9.14. The van der Waals surface area contributed by atoms with E-state index in [1.54, 1.807) is 6.07 Å². The molecule has 1 rings (SSSR count). The molecule has 0 aromatic heterocycles. The van der Waals surface area contributed by atoms with Crippen LogP contribution in [0.3, 0.4) is 0 Å². The summed E-state index contributed by atoms with van der Waals surface area (Å²) in [6.45, 7) is 0. The summed E-state index contributed by atoms with van der Waals surface area (Å²) in [6.07, 6.45) is 0. The molecule has 12 heavy (non-hydrogen) atoms. The quantitative estimate of drug-likeness (QED) is 0.489. The first-order chi connectivity index (χ1) is 5.65. The number of carbonyl (C=O) groups is 1. The average molecular weight is 294 g/mol. The lowest BCUT2D eigenvalue weighted by Gasteiger charge is -2.02. The number of rotatable bonds is 1. The fourth-order valence-corrected chi connectivity index (χ4v) is 1.54. The van der Waals surface area contributed by atoms with E-state index in [0.717, 1.165) is 8.47 Å². The van der Waals surface area contributed by atoms with E-state index in [9.17, 15) is 4.79 Å². The number of hydrogen-bond acceptors (Lipinski definition) is 3. The zero-order valence-electron chi connectivity index (χ0n) is 6.37. The number of thiol groups is 1. The number of carbonyl (C=O) groups excluding carboxylic acids is 1. The summed E-state index contributed by atoms with van der Waals surface area (Å²) in [5.74, 6) is -0.324. The van der Waals surface area contributed by atoms with Gasteiger partial charge in [-0.2, -0.15) is 0 Å². The van der Waals surface area contributed by atoms with Crippen LogP contribution >= 0.6 is 35.2 Å². The highest BCUT2D eigenvalue weighted by Gasteiger charge is 2.09. The minimum Gasteiger partial charge on any atom is -0.465 e. The van der Waals surface area contributed by atoms with Crippen molar-refractivity contribution in [3.05, 3.63) is 27.3 Å². The van der Waals surface area contributed by atoms with Crippen LogP contribution in [-0.2, 0) is 4.74 Å². The topological polar surface area (TPSA) is 26.3 Å². The van der Waals surface area contributed by atoms with Crippen molar-refractivity contribution < 1.29 is 9.53 Å². The molecule has 0 unspecified atom stereocenters. The molecule has 2 nitrogen and oxygen atoms in total. The minimum atomic E-state index is -0.324. The number of methoxy groups -OCH3 is 1. The van der Waals surface area contributed by atoms with E-state index in [4.69, 9.17) is 0 Å². The van der Waals surface area contributed by atoms with Crippen LogP contribution < -0.4 is 0 Å². The van der Waals surface area contributed by atoms with Gasteiger partial charge >= 0.3 is 5.97 Å². The molecule has 0 heterocycles. The minimum absolute atomic E-state index is 0.324. The first kappa shape index (κ1) is 9.85. The molecule has 0 fully saturated rings. The summed E-state index contributed by atoms with van der Waals surface area (Å²) < 4.78 is 5.47. The lowest BCUT2D eigenvalue weighted by molar-refractivity contribution is 0.0599. The molecule has 4 heteroatoms. The highest BCUT2D eigenvalue weighted by molar-refractivity contribution is 14.1. The lowest BCUT2D eigenvalue weighted by Crippen LogP contribution is -2.03. The molecule has 0 saturated carbocycles. The number of benzene rings is 1. The molecule has 1 aromatic carbocycles. The molecule has 0 aliphatic carbocycles. The first-order valence-electron chi connectivity index (χ1n) is 3.22. The van der Waals surface area contributed by atoms with E-state index in [1.807, 2.05) is 12.1 Å². The predicted octanol–water partition coefficient (Wildman–Crippen LogP) is 2.37. The van der Waals surface area contributed by atoms with E-state index >= 15 is 0 Å². The second-order valence-electron chi connectivity index (χ2n) is 2.16. The van der Waals surface area contributed by atoms with Gasteiger partial charge in [0.1, 0.15) is 0 Å². The Balaban J connectivity index is 3.13. The molecule has 0 radical (unpaired) electrons. The average Bonchev–Trinajstić information content (AvgIpc) is 2.08. The van der Waals surface area contributed by atoms with E-state index in [2.05, 4.69) is 40.0 Å². The van der Waals surface area contributed by atoms with Gasteiger partial charge in [0.15, 0.2) is 0 Å². The molecule has 0 amide bonds. The van der Waals surface area contributed by atoms with Gasteiger partial charge in [-0.05, 0) is 40.8 Å². The number of hydrogen-bond donors (Lipinski definition) is 1. The normalized spacial score (nSPS) is 9.58. The van der Waals surface area contributed by atoms with Crippen molar-refractivity contribution in [1.29, 1.82) is 0 Å². The maximum Gasteiger partial charge on any atom is 0.338 e. The maximum absolute atomic E-state index is 11.1. The summed E-state index contributed by atoms with van der Waals surface area (Å²) in [7, 11) is 1.36. The van der Waals surface area contributed by atoms with Crippen molar-refractivity contribution in [2.24, 2.45) is 0 Å². The van der Waals surface area contributed by atoms with E-state index in [1.165, 1.54) is 7.11 Å². The van der Waals surface area contributed by atoms with Crippen molar-refractivity contribution in [1.82, 2.24) is 0 Å². The smallest absolute Gasteiger partial charge is 0.338 e. The highest BCUT2D eigenvalue weighted by Crippen LogP contribution is 2.17. The molecule has 0 aliphatic rings. The Bertz CT molecular complexity index is 312. The molecule has 64 valence electrons. The molecular formula is C8H7IO2S. The largest absolute Gasteiger partial charge is 0.465 e. The van der Waals surface area contributed by atoms with Gasteiger partial charge in [-0.3, -0.25) is 0 Å². The van der Waals surface area contributed by atoms with Crippen molar-refractivity contribution in [3.63, 3.8) is 0 Å². The van der Waals surface area contributed by atoms with Crippen LogP contribution in [0.25, 0.3) is 0 Å². The molecular weight excluding hydrogens is 287 g/mol. The van der Waals surface area contributed by atoms with Crippen molar-refractivity contribution in [2.45, 2.75) is 4.90 Å². The van der Waals surface area contributed by atoms with Crippen molar-refractivity contribution >= 4 is 41.2 Å². The SMILES string of the molecule is COC(=O)c1cc(S)ccc1I. The van der Waals surface area contributed by atoms with Gasteiger partial charge in [-0.25, -0.2) is 4.79 Å². The second-order valence-corrected chi connectivity index (χ2v) is 3.83. The van der Waals surface area contributed by atoms with Crippen LogP contribution in [0, 0.1) is 3.57 Å². The van der Waals surface area contributed by atoms with Crippen LogP contribution in [0.2, 0.25) is 0 Å². The Hall–Kier alpha value is -0.230. The molecule has 0 aliphatic heterocycles. The fourth-order valence-electron chi connectivity index (χ4n) is 0.780. The van der Waals surface area contributed by atoms with Crippen LogP contribution in [-0.4, -0.2) is 13.1 Å². The Morgan fingerprint density at radius 2 is 2.25 bits per heavy atom. The van der Waals surface area contributed by atoms with Gasteiger partial charge in [0, 0.05) is 8.47 Å². The lowest BCUT2D eigenvalue weighted by atomic mass is 10.2. The Morgan fingerprint density at radius 1 is 1.58 bits per heavy atom. The molecule has 0 saturated heterocycles. The maximum atomic E-state index is 11.1. The van der Waals surface area contributed by atoms with Gasteiger partial charge in [-0.1, -0.05) is 0 Å². The third kappa shape index (κ3) is 2.13. The molecule has 0 spiro atoms. The van der Waals surface area contributed by atoms with Gasteiger partial charge in [0.2, 0.25) is 0 Å². The third-order valence-electron chi connectivity index (χ3n) is 1.36. The van der Waals surface area contributed by atoms with Crippen LogP contribution in [0.15, 0.2) is 23.1 Å². The standard InChI is InChI=1S/C8H7IO2S/c1-11-8(10)6-4-5(12)2-3-7(6)9/h2-4,12H,1H3. The monoisotopic (exact) mass is 294 g/mol. The van der Waals surface area contributed by atoms with Gasteiger partial charge < -0.3 is 4.74 Å². The van der Waals surface area contributed by atoms with Crippen LogP contribution in [0.5, 0.6) is 0 Å². The Labute approximate surface area is 89.9 Å². The summed E-state index contributed by atoms with van der Waals surface area (Å²) in [5, 5.41) is 0. The van der Waals surface area contributed by atoms with E-state index in [-0.39, 0.29) is 5.97 Å². The highest BCUT2D eigenvalue weighted by atomic mass is 127. The number of esters is 1. The second kappa shape index (κ2) is 4.13. The first-order valence-corrected chi connectivity index (χ1v) is 4.74. The molecule has 0 atom stereocenters. The summed E-state index contributed by atoms with van der Waals surface area (Å²) in [5.41, 5.74) is 0.561. The molecule has 0 bridgehead atoms. The Morgan fingerprint density at radius 3 is 2.83 bits per heavy atom. The van der Waals surface area contributed by atoms with Crippen LogP contribution in [0.4, 0.5) is 0 Å². The third-order valence-corrected chi connectivity index (χ3v) is 2.57. The number of halogens is 1. The Kier molecular flexibility index (Phi) is 3.39. The predicted molar refractivity (Wildman–Crippen MR) is 57.8 cm³/mol. The van der Waals surface area contributed by atoms with Crippen molar-refractivity contribution in [3.8, 4) is 0 Å². The van der Waals surface area contributed by atoms with Crippen LogP contribution in [0.1, 0.15) is 10.4 Å². The fraction of sp³-hybridized carbons (Fsp3) is 0.125. The van der Waals surface area contributed by atoms with E-state index < -0.39 is 0 Å². The molecule has 0 N–H and O–H groups in total. The van der Waals surface area contributed by atoms with Crippen molar-refractivity contribution in [2.75, 3.05) is 7.11 Å². The van der Waals surface area contributed by atoms with Gasteiger partial charge in [-0.15, -0.1) is 12.6 Å².